The molecule has 80 valence electrons. The predicted octanol–water partition coefficient (Wildman–Crippen LogP) is 0.290. The van der Waals surface area contributed by atoms with E-state index in [1.807, 2.05) is 18.9 Å². The Bertz CT molecular complexity index is 279. The third kappa shape index (κ3) is 3.21. The molecule has 0 radical (unpaired) electrons. The van der Waals surface area contributed by atoms with Crippen LogP contribution in [-0.4, -0.2) is 47.9 Å². The summed E-state index contributed by atoms with van der Waals surface area (Å²) in [7, 11) is 3.44. The van der Waals surface area contributed by atoms with Crippen LogP contribution in [0.1, 0.15) is 5.82 Å². The number of hydrogen-bond acceptors (Lipinski definition) is 6. The fourth-order valence-electron chi connectivity index (χ4n) is 1.08. The minimum absolute atomic E-state index is 0.335. The zero-order valence-corrected chi connectivity index (χ0v) is 9.41. The minimum atomic E-state index is -0.491. The highest BCUT2D eigenvalue weighted by atomic mass is 32.1. The number of likely N-dealkylation sites (N-methyl/N-ethyl adjacent to an activating group) is 1. The lowest BCUT2D eigenvalue weighted by molar-refractivity contribution is 0.0695. The maximum Gasteiger partial charge on any atom is 0.205 e. The molecule has 1 heterocycles. The van der Waals surface area contributed by atoms with Crippen LogP contribution in [0.4, 0.5) is 5.13 Å². The van der Waals surface area contributed by atoms with Gasteiger partial charge in [-0.3, -0.25) is 0 Å². The van der Waals surface area contributed by atoms with Gasteiger partial charge in [-0.1, -0.05) is 0 Å². The van der Waals surface area contributed by atoms with Crippen molar-refractivity contribution < 1.29 is 9.84 Å². The number of anilines is 1. The van der Waals surface area contributed by atoms with E-state index in [1.165, 1.54) is 11.5 Å². The molecule has 1 aromatic rings. The highest BCUT2D eigenvalue weighted by Gasteiger charge is 2.11. The average molecular weight is 217 g/mol. The van der Waals surface area contributed by atoms with E-state index >= 15 is 0 Å². The first-order valence-corrected chi connectivity index (χ1v) is 5.09. The van der Waals surface area contributed by atoms with Gasteiger partial charge in [-0.15, -0.1) is 0 Å². The van der Waals surface area contributed by atoms with Crippen LogP contribution in [-0.2, 0) is 4.74 Å². The topological polar surface area (TPSA) is 58.5 Å². The predicted molar refractivity (Wildman–Crippen MR) is 55.8 cm³/mol. The van der Waals surface area contributed by atoms with Gasteiger partial charge in [0.05, 0.1) is 12.7 Å². The second-order valence-corrected chi connectivity index (χ2v) is 3.84. The Balaban J connectivity index is 2.45. The number of methoxy groups -OCH3 is 1. The van der Waals surface area contributed by atoms with Gasteiger partial charge in [0, 0.05) is 32.2 Å². The van der Waals surface area contributed by atoms with Crippen LogP contribution in [0.3, 0.4) is 0 Å². The van der Waals surface area contributed by atoms with Crippen LogP contribution >= 0.6 is 11.5 Å². The Morgan fingerprint density at radius 3 is 2.86 bits per heavy atom. The average Bonchev–Trinajstić information content (AvgIpc) is 2.52. The maximum atomic E-state index is 9.48. The molecule has 1 aromatic heterocycles. The van der Waals surface area contributed by atoms with Gasteiger partial charge in [-0.2, -0.15) is 4.37 Å². The van der Waals surface area contributed by atoms with E-state index in [-0.39, 0.29) is 0 Å². The van der Waals surface area contributed by atoms with Crippen molar-refractivity contribution in [1.29, 1.82) is 0 Å². The van der Waals surface area contributed by atoms with Crippen LogP contribution in [0, 0.1) is 6.92 Å². The Labute approximate surface area is 87.5 Å². The molecule has 5 nitrogen and oxygen atoms in total. The molecule has 0 aromatic carbocycles. The molecule has 1 unspecified atom stereocenters. The molecule has 6 heteroatoms. The molecule has 0 aliphatic rings. The van der Waals surface area contributed by atoms with E-state index in [0.29, 0.717) is 13.2 Å². The third-order valence-electron chi connectivity index (χ3n) is 1.69. The van der Waals surface area contributed by atoms with Crippen LogP contribution in [0.25, 0.3) is 0 Å². The van der Waals surface area contributed by atoms with E-state index in [0.717, 1.165) is 11.0 Å². The Kier molecular flexibility index (Phi) is 4.24. The van der Waals surface area contributed by atoms with Crippen molar-refractivity contribution in [1.82, 2.24) is 9.36 Å². The van der Waals surface area contributed by atoms with Crippen LogP contribution in [0.5, 0.6) is 0 Å². The highest BCUT2D eigenvalue weighted by molar-refractivity contribution is 7.09. The second-order valence-electron chi connectivity index (χ2n) is 3.11. The number of rotatable bonds is 5. The van der Waals surface area contributed by atoms with Crippen LogP contribution in [0.15, 0.2) is 0 Å². The number of aliphatic hydroxyl groups is 1. The van der Waals surface area contributed by atoms with Gasteiger partial charge in [0.2, 0.25) is 5.13 Å². The van der Waals surface area contributed by atoms with Crippen molar-refractivity contribution in [3.05, 3.63) is 5.82 Å². The minimum Gasteiger partial charge on any atom is -0.389 e. The standard InChI is InChI=1S/C8H15N3O2S/c1-6-9-8(14-10-6)11(2)4-7(12)5-13-3/h7,12H,4-5H2,1-3H3. The summed E-state index contributed by atoms with van der Waals surface area (Å²) in [5.41, 5.74) is 0. The number of hydrogen-bond donors (Lipinski definition) is 1. The fraction of sp³-hybridized carbons (Fsp3) is 0.750. The van der Waals surface area contributed by atoms with E-state index < -0.39 is 6.10 Å². The van der Waals surface area contributed by atoms with E-state index in [9.17, 15) is 5.11 Å². The molecule has 0 spiro atoms. The molecule has 1 rings (SSSR count). The zero-order chi connectivity index (χ0) is 10.6. The van der Waals surface area contributed by atoms with E-state index in [2.05, 4.69) is 9.36 Å². The number of aryl methyl sites for hydroxylation is 1. The summed E-state index contributed by atoms with van der Waals surface area (Å²) in [6.45, 7) is 2.68. The molecule has 1 N–H and O–H groups in total. The van der Waals surface area contributed by atoms with Gasteiger partial charge in [0.1, 0.15) is 5.82 Å². The second kappa shape index (κ2) is 5.23. The normalized spacial score (nSPS) is 12.9. The molecule has 0 saturated heterocycles. The van der Waals surface area contributed by atoms with Crippen molar-refractivity contribution in [2.24, 2.45) is 0 Å². The van der Waals surface area contributed by atoms with Gasteiger partial charge < -0.3 is 14.7 Å². The largest absolute Gasteiger partial charge is 0.389 e. The summed E-state index contributed by atoms with van der Waals surface area (Å²) < 4.78 is 8.90. The molecule has 0 fully saturated rings. The summed E-state index contributed by atoms with van der Waals surface area (Å²) in [6.07, 6.45) is -0.491. The number of ether oxygens (including phenoxy) is 1. The Hall–Kier alpha value is -0.720. The first-order chi connectivity index (χ1) is 6.63. The van der Waals surface area contributed by atoms with Crippen LogP contribution < -0.4 is 4.90 Å². The monoisotopic (exact) mass is 217 g/mol. The molecule has 0 saturated carbocycles. The number of nitrogens with zero attached hydrogens (tertiary/aromatic N) is 3. The molecule has 1 atom stereocenters. The van der Waals surface area contributed by atoms with Crippen molar-refractivity contribution in [3.63, 3.8) is 0 Å². The van der Waals surface area contributed by atoms with E-state index in [1.54, 1.807) is 7.11 Å². The molecule has 0 bridgehead atoms. The Morgan fingerprint density at radius 2 is 2.36 bits per heavy atom. The highest BCUT2D eigenvalue weighted by Crippen LogP contribution is 2.15. The summed E-state index contributed by atoms with van der Waals surface area (Å²) >= 11 is 1.33. The lowest BCUT2D eigenvalue weighted by atomic mass is 10.3. The first kappa shape index (κ1) is 11.4. The number of aliphatic hydroxyl groups excluding tert-OH is 1. The quantitative estimate of drug-likeness (QED) is 0.768. The maximum absolute atomic E-state index is 9.48. The summed E-state index contributed by atoms with van der Waals surface area (Å²) in [4.78, 5) is 6.07. The van der Waals surface area contributed by atoms with Gasteiger partial charge in [-0.05, 0) is 6.92 Å². The molecule has 14 heavy (non-hydrogen) atoms. The van der Waals surface area contributed by atoms with Gasteiger partial charge in [0.15, 0.2) is 0 Å². The summed E-state index contributed by atoms with van der Waals surface area (Å²) in [5.74, 6) is 0.762. The van der Waals surface area contributed by atoms with Gasteiger partial charge >= 0.3 is 0 Å². The molecular formula is C8H15N3O2S. The molecule has 0 aliphatic carbocycles. The fourth-order valence-corrected chi connectivity index (χ4v) is 1.72. The van der Waals surface area contributed by atoms with Gasteiger partial charge in [-0.25, -0.2) is 4.98 Å². The van der Waals surface area contributed by atoms with Gasteiger partial charge in [0.25, 0.3) is 0 Å². The van der Waals surface area contributed by atoms with Crippen molar-refractivity contribution in [2.45, 2.75) is 13.0 Å². The molecule has 0 amide bonds. The number of aromatic nitrogens is 2. The SMILES string of the molecule is COCC(O)CN(C)c1nc(C)ns1. The summed E-state index contributed by atoms with van der Waals surface area (Å²) in [5, 5.41) is 10.3. The van der Waals surface area contributed by atoms with E-state index in [4.69, 9.17) is 4.74 Å². The lowest BCUT2D eigenvalue weighted by Crippen LogP contribution is -2.31. The summed E-state index contributed by atoms with van der Waals surface area (Å²) in [6, 6.07) is 0. The smallest absolute Gasteiger partial charge is 0.205 e. The first-order valence-electron chi connectivity index (χ1n) is 4.32. The van der Waals surface area contributed by atoms with Crippen molar-refractivity contribution in [2.75, 3.05) is 32.2 Å². The lowest BCUT2D eigenvalue weighted by Gasteiger charge is -2.18. The zero-order valence-electron chi connectivity index (χ0n) is 8.60. The molecule has 0 aliphatic heterocycles. The van der Waals surface area contributed by atoms with Crippen molar-refractivity contribution in [3.8, 4) is 0 Å². The third-order valence-corrected chi connectivity index (χ3v) is 2.61. The molecular weight excluding hydrogens is 202 g/mol. The Morgan fingerprint density at radius 1 is 1.64 bits per heavy atom. The van der Waals surface area contributed by atoms with Crippen LogP contribution in [0.2, 0.25) is 0 Å². The van der Waals surface area contributed by atoms with Crippen molar-refractivity contribution >= 4 is 16.7 Å².